The highest BCUT2D eigenvalue weighted by Crippen LogP contribution is 2.33. The van der Waals surface area contributed by atoms with Crippen LogP contribution in [0.15, 0.2) is 40.8 Å². The van der Waals surface area contributed by atoms with Gasteiger partial charge in [0.05, 0.1) is 0 Å². The molecule has 0 radical (unpaired) electrons. The molecule has 2 heterocycles. The predicted molar refractivity (Wildman–Crippen MR) is 92.8 cm³/mol. The number of carbonyl (C=O) groups is 3. The Morgan fingerprint density at radius 2 is 1.78 bits per heavy atom. The third-order valence-corrected chi connectivity index (χ3v) is 5.04. The van der Waals surface area contributed by atoms with Crippen LogP contribution in [0, 0.1) is 5.82 Å². The monoisotopic (exact) mass is 371 g/mol. The van der Waals surface area contributed by atoms with E-state index in [0.29, 0.717) is 24.2 Å². The average molecular weight is 371 g/mol. The van der Waals surface area contributed by atoms with E-state index >= 15 is 0 Å². The summed E-state index contributed by atoms with van der Waals surface area (Å²) in [6.45, 7) is 0. The molecule has 1 aliphatic carbocycles. The molecular weight excluding hydrogens is 353 g/mol. The van der Waals surface area contributed by atoms with E-state index in [9.17, 15) is 18.8 Å². The van der Waals surface area contributed by atoms with Gasteiger partial charge in [-0.25, -0.2) is 14.6 Å². The Morgan fingerprint density at radius 3 is 2.48 bits per heavy atom. The Balaban J connectivity index is 1.49. The Hall–Kier alpha value is -3.16. The van der Waals surface area contributed by atoms with Crippen molar-refractivity contribution < 1.29 is 23.2 Å². The molecule has 27 heavy (non-hydrogen) atoms. The summed E-state index contributed by atoms with van der Waals surface area (Å²) in [7, 11) is 0. The molecule has 2 aromatic rings. The van der Waals surface area contributed by atoms with E-state index in [1.165, 1.54) is 30.3 Å². The standard InChI is InChI=1S/C19H18FN3O4/c20-13-6-4-12(5-7-13)14-8-9-15(27-14)16(24)22-23-17(25)19(21-18(23)26)10-2-1-3-11-19/h4-9H,1-3,10-11H2,(H,21,26)(H,22,24). The van der Waals surface area contributed by atoms with E-state index < -0.39 is 23.4 Å². The summed E-state index contributed by atoms with van der Waals surface area (Å²) < 4.78 is 18.5. The van der Waals surface area contributed by atoms with Crippen LogP contribution in [0.2, 0.25) is 0 Å². The van der Waals surface area contributed by atoms with E-state index in [1.807, 2.05) is 0 Å². The molecule has 1 aromatic heterocycles. The molecule has 1 aromatic carbocycles. The van der Waals surface area contributed by atoms with E-state index in [1.54, 1.807) is 6.07 Å². The van der Waals surface area contributed by atoms with Gasteiger partial charge in [-0.2, -0.15) is 5.01 Å². The van der Waals surface area contributed by atoms with Crippen LogP contribution >= 0.6 is 0 Å². The zero-order valence-corrected chi connectivity index (χ0v) is 14.5. The van der Waals surface area contributed by atoms with Gasteiger partial charge in [-0.1, -0.05) is 19.3 Å². The number of imide groups is 1. The molecule has 0 bridgehead atoms. The minimum atomic E-state index is -0.912. The summed E-state index contributed by atoms with van der Waals surface area (Å²) in [5.74, 6) is -1.20. The first-order valence-corrected chi connectivity index (χ1v) is 8.82. The van der Waals surface area contributed by atoms with Gasteiger partial charge >= 0.3 is 11.9 Å². The Kier molecular flexibility index (Phi) is 4.18. The molecule has 7 nitrogen and oxygen atoms in total. The number of halogens is 1. The summed E-state index contributed by atoms with van der Waals surface area (Å²) in [6.07, 6.45) is 3.87. The first-order chi connectivity index (χ1) is 13.0. The summed E-state index contributed by atoms with van der Waals surface area (Å²) in [6, 6.07) is 7.99. The number of rotatable bonds is 3. The maximum absolute atomic E-state index is 13.0. The number of carbonyl (C=O) groups excluding carboxylic acids is 3. The van der Waals surface area contributed by atoms with Crippen LogP contribution < -0.4 is 10.7 Å². The fourth-order valence-corrected chi connectivity index (χ4v) is 3.60. The van der Waals surface area contributed by atoms with Crippen LogP contribution in [0.25, 0.3) is 11.3 Å². The number of nitrogens with zero attached hydrogens (tertiary/aromatic N) is 1. The van der Waals surface area contributed by atoms with Gasteiger partial charge in [0.1, 0.15) is 17.1 Å². The largest absolute Gasteiger partial charge is 0.451 e. The van der Waals surface area contributed by atoms with Crippen molar-refractivity contribution in [2.24, 2.45) is 0 Å². The molecule has 8 heteroatoms. The molecule has 2 fully saturated rings. The zero-order valence-electron chi connectivity index (χ0n) is 14.5. The second-order valence-electron chi connectivity index (χ2n) is 6.83. The van der Waals surface area contributed by atoms with Gasteiger partial charge in [-0.05, 0) is 49.2 Å². The normalized spacial score (nSPS) is 18.6. The number of hydrazine groups is 1. The molecule has 2 N–H and O–H groups in total. The van der Waals surface area contributed by atoms with E-state index in [0.717, 1.165) is 24.3 Å². The Bertz CT molecular complexity index is 900. The topological polar surface area (TPSA) is 91.7 Å². The molecule has 4 rings (SSSR count). The van der Waals surface area contributed by atoms with Gasteiger partial charge in [0.25, 0.3) is 5.91 Å². The summed E-state index contributed by atoms with van der Waals surface area (Å²) in [5.41, 5.74) is 2.01. The van der Waals surface area contributed by atoms with Crippen molar-refractivity contribution in [3.63, 3.8) is 0 Å². The highest BCUT2D eigenvalue weighted by Gasteiger charge is 2.52. The predicted octanol–water partition coefficient (Wildman–Crippen LogP) is 2.99. The van der Waals surface area contributed by atoms with Gasteiger partial charge < -0.3 is 9.73 Å². The van der Waals surface area contributed by atoms with Crippen molar-refractivity contribution in [1.29, 1.82) is 0 Å². The van der Waals surface area contributed by atoms with Crippen LogP contribution in [-0.2, 0) is 4.79 Å². The van der Waals surface area contributed by atoms with Crippen LogP contribution in [0.5, 0.6) is 0 Å². The van der Waals surface area contributed by atoms with Crippen molar-refractivity contribution in [2.45, 2.75) is 37.6 Å². The second kappa shape index (κ2) is 6.53. The fourth-order valence-electron chi connectivity index (χ4n) is 3.60. The fraction of sp³-hybridized carbons (Fsp3) is 0.316. The minimum Gasteiger partial charge on any atom is -0.451 e. The van der Waals surface area contributed by atoms with E-state index in [2.05, 4.69) is 10.7 Å². The molecule has 1 spiro atoms. The van der Waals surface area contributed by atoms with Crippen LogP contribution in [-0.4, -0.2) is 28.4 Å². The number of amides is 4. The number of urea groups is 1. The van der Waals surface area contributed by atoms with Crippen molar-refractivity contribution >= 4 is 17.8 Å². The zero-order chi connectivity index (χ0) is 19.0. The lowest BCUT2D eigenvalue weighted by molar-refractivity contribution is -0.134. The molecule has 1 saturated carbocycles. The van der Waals surface area contributed by atoms with E-state index in [4.69, 9.17) is 4.42 Å². The molecule has 4 amide bonds. The number of benzene rings is 1. The first kappa shape index (κ1) is 17.3. The minimum absolute atomic E-state index is 0.0560. The second-order valence-corrected chi connectivity index (χ2v) is 6.83. The van der Waals surface area contributed by atoms with Gasteiger partial charge in [-0.3, -0.25) is 9.59 Å². The molecular formula is C19H18FN3O4. The summed E-state index contributed by atoms with van der Waals surface area (Å²) in [5, 5.41) is 3.45. The van der Waals surface area contributed by atoms with Gasteiger partial charge in [0, 0.05) is 5.56 Å². The number of nitrogens with one attached hydrogen (secondary N) is 2. The molecule has 2 aliphatic rings. The molecule has 0 unspecified atom stereocenters. The van der Waals surface area contributed by atoms with Gasteiger partial charge in [0.2, 0.25) is 0 Å². The smallest absolute Gasteiger partial charge is 0.344 e. The molecule has 140 valence electrons. The Morgan fingerprint density at radius 1 is 1.07 bits per heavy atom. The van der Waals surface area contributed by atoms with Crippen molar-refractivity contribution in [3.05, 3.63) is 48.0 Å². The van der Waals surface area contributed by atoms with Gasteiger partial charge in [0.15, 0.2) is 5.76 Å². The lowest BCUT2D eigenvalue weighted by atomic mass is 9.82. The van der Waals surface area contributed by atoms with Crippen LogP contribution in [0.1, 0.15) is 42.7 Å². The summed E-state index contributed by atoms with van der Waals surface area (Å²) in [4.78, 5) is 37.3. The quantitative estimate of drug-likeness (QED) is 0.812. The van der Waals surface area contributed by atoms with Crippen molar-refractivity contribution in [3.8, 4) is 11.3 Å². The van der Waals surface area contributed by atoms with Crippen LogP contribution in [0.3, 0.4) is 0 Å². The van der Waals surface area contributed by atoms with Crippen molar-refractivity contribution in [2.75, 3.05) is 0 Å². The average Bonchev–Trinajstić information content (AvgIpc) is 3.23. The van der Waals surface area contributed by atoms with Gasteiger partial charge in [-0.15, -0.1) is 0 Å². The maximum Gasteiger partial charge on any atom is 0.344 e. The molecule has 1 aliphatic heterocycles. The molecule has 0 atom stereocenters. The SMILES string of the molecule is O=C(NN1C(=O)NC2(CCCCC2)C1=O)c1ccc(-c2ccc(F)cc2)o1. The lowest BCUT2D eigenvalue weighted by Gasteiger charge is -2.30. The third-order valence-electron chi connectivity index (χ3n) is 5.04. The highest BCUT2D eigenvalue weighted by atomic mass is 19.1. The third kappa shape index (κ3) is 3.07. The molecule has 1 saturated heterocycles. The Labute approximate surface area is 154 Å². The first-order valence-electron chi connectivity index (χ1n) is 8.82. The lowest BCUT2D eigenvalue weighted by Crippen LogP contribution is -2.50. The number of furan rings is 1. The maximum atomic E-state index is 13.0. The van der Waals surface area contributed by atoms with Crippen LogP contribution in [0.4, 0.5) is 9.18 Å². The van der Waals surface area contributed by atoms with Crippen molar-refractivity contribution in [1.82, 2.24) is 15.8 Å². The van der Waals surface area contributed by atoms with E-state index in [-0.39, 0.29) is 11.6 Å². The summed E-state index contributed by atoms with van der Waals surface area (Å²) >= 11 is 0. The number of hydrogen-bond acceptors (Lipinski definition) is 4. The highest BCUT2D eigenvalue weighted by molar-refractivity contribution is 6.09. The number of hydrogen-bond donors (Lipinski definition) is 2.